The van der Waals surface area contributed by atoms with Gasteiger partial charge in [0.15, 0.2) is 0 Å². The number of likely N-dealkylation sites (tertiary alicyclic amines) is 1. The highest BCUT2D eigenvalue weighted by atomic mass is 79.9. The number of rotatable bonds is 3. The van der Waals surface area contributed by atoms with Gasteiger partial charge in [0.25, 0.3) is 0 Å². The first-order valence-electron chi connectivity index (χ1n) is 6.54. The van der Waals surface area contributed by atoms with Crippen LogP contribution < -0.4 is 4.90 Å². The molecule has 1 aromatic heterocycles. The van der Waals surface area contributed by atoms with E-state index in [0.717, 1.165) is 17.6 Å². The summed E-state index contributed by atoms with van der Waals surface area (Å²) in [5.74, 6) is 1.25. The second-order valence-corrected chi connectivity index (χ2v) is 5.87. The topological polar surface area (TPSA) is 24.3 Å². The number of aromatic nitrogens is 2. The molecule has 0 radical (unpaired) electrons. The molecule has 0 spiro atoms. The predicted molar refractivity (Wildman–Crippen MR) is 79.5 cm³/mol. The Bertz CT molecular complexity index is 415. The first kappa shape index (κ1) is 13.9. The standard InChI is InChI=1S/C13H23BrN4/c1-10-12(8-14)13(18(4)15-10)17(3)11-6-5-7-16(2)9-11/h11H,5-9H2,1-4H3. The Morgan fingerprint density at radius 3 is 2.78 bits per heavy atom. The molecule has 1 fully saturated rings. The molecule has 5 heteroatoms. The molecule has 0 amide bonds. The number of alkyl halides is 1. The average molecular weight is 315 g/mol. The maximum atomic E-state index is 4.55. The van der Waals surface area contributed by atoms with Crippen LogP contribution in [0.1, 0.15) is 24.1 Å². The average Bonchev–Trinajstić information content (AvgIpc) is 2.62. The van der Waals surface area contributed by atoms with Crippen molar-refractivity contribution in [2.75, 3.05) is 32.1 Å². The van der Waals surface area contributed by atoms with Gasteiger partial charge in [-0.15, -0.1) is 0 Å². The Morgan fingerprint density at radius 2 is 2.17 bits per heavy atom. The molecule has 1 aromatic rings. The molecule has 0 aliphatic carbocycles. The highest BCUT2D eigenvalue weighted by Gasteiger charge is 2.25. The van der Waals surface area contributed by atoms with E-state index in [1.54, 1.807) is 0 Å². The van der Waals surface area contributed by atoms with Crippen LogP contribution in [0.5, 0.6) is 0 Å². The van der Waals surface area contributed by atoms with Crippen molar-refractivity contribution in [1.29, 1.82) is 0 Å². The van der Waals surface area contributed by atoms with Crippen molar-refractivity contribution < 1.29 is 0 Å². The van der Waals surface area contributed by atoms with Gasteiger partial charge in [-0.2, -0.15) is 5.10 Å². The summed E-state index contributed by atoms with van der Waals surface area (Å²) in [7, 11) is 6.45. The Labute approximate surface area is 118 Å². The van der Waals surface area contributed by atoms with Crippen LogP contribution in [0.4, 0.5) is 5.82 Å². The van der Waals surface area contributed by atoms with Crippen molar-refractivity contribution in [2.45, 2.75) is 31.1 Å². The lowest BCUT2D eigenvalue weighted by Crippen LogP contribution is -2.45. The van der Waals surface area contributed by atoms with E-state index in [9.17, 15) is 0 Å². The van der Waals surface area contributed by atoms with Crippen LogP contribution in [-0.2, 0) is 12.4 Å². The predicted octanol–water partition coefficient (Wildman–Crippen LogP) is 2.15. The second kappa shape index (κ2) is 5.61. The van der Waals surface area contributed by atoms with Crippen molar-refractivity contribution in [3.05, 3.63) is 11.3 Å². The third-order valence-electron chi connectivity index (χ3n) is 3.93. The molecule has 4 nitrogen and oxygen atoms in total. The van der Waals surface area contributed by atoms with Gasteiger partial charge < -0.3 is 9.80 Å². The smallest absolute Gasteiger partial charge is 0.130 e. The fourth-order valence-electron chi connectivity index (χ4n) is 2.92. The van der Waals surface area contributed by atoms with Crippen LogP contribution in [0.25, 0.3) is 0 Å². The van der Waals surface area contributed by atoms with Crippen molar-refractivity contribution in [3.8, 4) is 0 Å². The fourth-order valence-corrected chi connectivity index (χ4v) is 3.57. The first-order chi connectivity index (χ1) is 8.54. The minimum Gasteiger partial charge on any atom is -0.355 e. The fraction of sp³-hybridized carbons (Fsp3) is 0.769. The Balaban J connectivity index is 2.24. The van der Waals surface area contributed by atoms with Crippen LogP contribution >= 0.6 is 15.9 Å². The number of anilines is 1. The first-order valence-corrected chi connectivity index (χ1v) is 7.66. The highest BCUT2D eigenvalue weighted by molar-refractivity contribution is 9.08. The lowest BCUT2D eigenvalue weighted by molar-refractivity contribution is 0.247. The summed E-state index contributed by atoms with van der Waals surface area (Å²) in [5.41, 5.74) is 2.44. The van der Waals surface area contributed by atoms with Crippen molar-refractivity contribution in [2.24, 2.45) is 7.05 Å². The molecule has 0 N–H and O–H groups in total. The SMILES string of the molecule is Cc1nn(C)c(N(C)C2CCCN(C)C2)c1CBr. The molecule has 2 heterocycles. The molecule has 18 heavy (non-hydrogen) atoms. The van der Waals surface area contributed by atoms with Crippen LogP contribution in [0.3, 0.4) is 0 Å². The van der Waals surface area contributed by atoms with E-state index < -0.39 is 0 Å². The molecular formula is C13H23BrN4. The zero-order valence-corrected chi connectivity index (χ0v) is 13.4. The number of piperidine rings is 1. The molecular weight excluding hydrogens is 292 g/mol. The molecule has 1 atom stereocenters. The molecule has 1 unspecified atom stereocenters. The molecule has 0 aromatic carbocycles. The third-order valence-corrected chi connectivity index (χ3v) is 4.49. The number of likely N-dealkylation sites (N-methyl/N-ethyl adjacent to an activating group) is 2. The maximum absolute atomic E-state index is 4.55. The van der Waals surface area contributed by atoms with Crippen molar-refractivity contribution in [3.63, 3.8) is 0 Å². The van der Waals surface area contributed by atoms with E-state index in [1.807, 2.05) is 11.7 Å². The van der Waals surface area contributed by atoms with Gasteiger partial charge in [0, 0.05) is 37.6 Å². The van der Waals surface area contributed by atoms with E-state index in [4.69, 9.17) is 0 Å². The van der Waals surface area contributed by atoms with E-state index in [0.29, 0.717) is 6.04 Å². The summed E-state index contributed by atoms with van der Waals surface area (Å²) in [6.07, 6.45) is 2.55. The van der Waals surface area contributed by atoms with Gasteiger partial charge >= 0.3 is 0 Å². The Kier molecular flexibility index (Phi) is 4.33. The Hall–Kier alpha value is -0.550. The summed E-state index contributed by atoms with van der Waals surface area (Å²) in [6, 6.07) is 0.594. The lowest BCUT2D eigenvalue weighted by atomic mass is 10.0. The highest BCUT2D eigenvalue weighted by Crippen LogP contribution is 2.28. The zero-order valence-electron chi connectivity index (χ0n) is 11.8. The second-order valence-electron chi connectivity index (χ2n) is 5.31. The minimum absolute atomic E-state index is 0.594. The van der Waals surface area contributed by atoms with Gasteiger partial charge in [-0.05, 0) is 33.4 Å². The number of hydrogen-bond donors (Lipinski definition) is 0. The summed E-state index contributed by atoms with van der Waals surface area (Å²) >= 11 is 3.59. The molecule has 102 valence electrons. The Morgan fingerprint density at radius 1 is 1.44 bits per heavy atom. The van der Waals surface area contributed by atoms with Crippen LogP contribution in [0.15, 0.2) is 0 Å². The normalized spacial score (nSPS) is 21.3. The lowest BCUT2D eigenvalue weighted by Gasteiger charge is -2.37. The molecule has 1 aliphatic rings. The molecule has 1 saturated heterocycles. The largest absolute Gasteiger partial charge is 0.355 e. The molecule has 2 rings (SSSR count). The summed E-state index contributed by atoms with van der Waals surface area (Å²) in [6.45, 7) is 4.45. The number of halogens is 1. The quantitative estimate of drug-likeness (QED) is 0.799. The van der Waals surface area contributed by atoms with E-state index in [1.165, 1.54) is 30.8 Å². The van der Waals surface area contributed by atoms with Gasteiger partial charge in [0.05, 0.1) is 5.69 Å². The van der Waals surface area contributed by atoms with Crippen LogP contribution in [0.2, 0.25) is 0 Å². The number of hydrogen-bond acceptors (Lipinski definition) is 3. The molecule has 0 bridgehead atoms. The maximum Gasteiger partial charge on any atom is 0.130 e. The zero-order chi connectivity index (χ0) is 13.3. The molecule has 0 saturated carbocycles. The van der Waals surface area contributed by atoms with E-state index in [2.05, 4.69) is 51.8 Å². The number of aryl methyl sites for hydroxylation is 2. The van der Waals surface area contributed by atoms with Crippen molar-refractivity contribution >= 4 is 21.7 Å². The van der Waals surface area contributed by atoms with Gasteiger partial charge in [0.2, 0.25) is 0 Å². The minimum atomic E-state index is 0.594. The van der Waals surface area contributed by atoms with Gasteiger partial charge in [0.1, 0.15) is 5.82 Å². The van der Waals surface area contributed by atoms with Crippen molar-refractivity contribution in [1.82, 2.24) is 14.7 Å². The number of nitrogens with zero attached hydrogens (tertiary/aromatic N) is 4. The van der Waals surface area contributed by atoms with Gasteiger partial charge in [-0.25, -0.2) is 0 Å². The summed E-state index contributed by atoms with van der Waals surface area (Å²) in [4.78, 5) is 4.83. The van der Waals surface area contributed by atoms with E-state index in [-0.39, 0.29) is 0 Å². The third kappa shape index (κ3) is 2.57. The van der Waals surface area contributed by atoms with Crippen LogP contribution in [-0.4, -0.2) is 47.9 Å². The van der Waals surface area contributed by atoms with Gasteiger partial charge in [-0.1, -0.05) is 15.9 Å². The summed E-state index contributed by atoms with van der Waals surface area (Å²) < 4.78 is 2.01. The monoisotopic (exact) mass is 314 g/mol. The molecule has 1 aliphatic heterocycles. The van der Waals surface area contributed by atoms with Gasteiger partial charge in [-0.3, -0.25) is 4.68 Å². The van der Waals surface area contributed by atoms with E-state index >= 15 is 0 Å². The van der Waals surface area contributed by atoms with Crippen LogP contribution in [0, 0.1) is 6.92 Å². The summed E-state index contributed by atoms with van der Waals surface area (Å²) in [5, 5.41) is 5.42.